The minimum atomic E-state index is 0. The van der Waals surface area contributed by atoms with Crippen molar-refractivity contribution >= 4 is 29.9 Å². The molecule has 0 saturated carbocycles. The summed E-state index contributed by atoms with van der Waals surface area (Å²) < 4.78 is 11.0. The van der Waals surface area contributed by atoms with Gasteiger partial charge in [0.15, 0.2) is 5.96 Å². The third-order valence-corrected chi connectivity index (χ3v) is 4.97. The Labute approximate surface area is 164 Å². The number of halogens is 1. The van der Waals surface area contributed by atoms with Gasteiger partial charge in [0.05, 0.1) is 0 Å². The van der Waals surface area contributed by atoms with E-state index < -0.39 is 0 Å². The normalized spacial score (nSPS) is 21.3. The molecule has 0 bridgehead atoms. The van der Waals surface area contributed by atoms with Crippen molar-refractivity contribution in [3.8, 4) is 0 Å². The molecular weight excluding hydrogens is 419 g/mol. The zero-order valence-electron chi connectivity index (χ0n) is 15.3. The van der Waals surface area contributed by atoms with Gasteiger partial charge in [-0.1, -0.05) is 0 Å². The Morgan fingerprint density at radius 2 is 1.92 bits per heavy atom. The average Bonchev–Trinajstić information content (AvgIpc) is 3.13. The lowest BCUT2D eigenvalue weighted by Gasteiger charge is -2.45. The Kier molecular flexibility index (Phi) is 11.2. The second kappa shape index (κ2) is 12.3. The van der Waals surface area contributed by atoms with Gasteiger partial charge in [0.1, 0.15) is 0 Å². The van der Waals surface area contributed by atoms with Crippen molar-refractivity contribution in [2.24, 2.45) is 4.99 Å². The van der Waals surface area contributed by atoms with Crippen molar-refractivity contribution in [2.45, 2.75) is 44.6 Å². The first kappa shape index (κ1) is 21.9. The number of nitrogens with zero attached hydrogens (tertiary/aromatic N) is 2. The molecule has 0 amide bonds. The summed E-state index contributed by atoms with van der Waals surface area (Å²) in [5.41, 5.74) is 0.234. The van der Waals surface area contributed by atoms with Crippen LogP contribution in [0.3, 0.4) is 0 Å². The molecule has 142 valence electrons. The van der Waals surface area contributed by atoms with Crippen LogP contribution in [0.25, 0.3) is 0 Å². The van der Waals surface area contributed by atoms with E-state index in [9.17, 15) is 0 Å². The molecule has 2 rings (SSSR count). The quantitative estimate of drug-likeness (QED) is 0.254. The van der Waals surface area contributed by atoms with E-state index >= 15 is 0 Å². The highest BCUT2D eigenvalue weighted by Gasteiger charge is 2.39. The van der Waals surface area contributed by atoms with Gasteiger partial charge < -0.3 is 20.1 Å². The lowest BCUT2D eigenvalue weighted by atomic mass is 9.88. The number of ether oxygens (including phenoxy) is 2. The van der Waals surface area contributed by atoms with Crippen molar-refractivity contribution in [2.75, 3.05) is 59.7 Å². The molecule has 0 spiro atoms. The topological polar surface area (TPSA) is 58.1 Å². The predicted molar refractivity (Wildman–Crippen MR) is 109 cm³/mol. The number of hydrogen-bond acceptors (Lipinski definition) is 4. The monoisotopic (exact) mass is 454 g/mol. The molecule has 2 fully saturated rings. The second-order valence-electron chi connectivity index (χ2n) is 6.43. The molecule has 6 nitrogen and oxygen atoms in total. The van der Waals surface area contributed by atoms with Crippen LogP contribution < -0.4 is 10.6 Å². The van der Waals surface area contributed by atoms with Gasteiger partial charge >= 0.3 is 0 Å². The predicted octanol–water partition coefficient (Wildman–Crippen LogP) is 1.84. The lowest BCUT2D eigenvalue weighted by Crippen LogP contribution is -2.58. The van der Waals surface area contributed by atoms with E-state index in [0.29, 0.717) is 0 Å². The van der Waals surface area contributed by atoms with Crippen LogP contribution in [0, 0.1) is 0 Å². The fraction of sp³-hybridized carbons (Fsp3) is 0.941. The number of likely N-dealkylation sites (tertiary alicyclic amines) is 1. The Bertz CT molecular complexity index is 356. The number of hydrogen-bond donors (Lipinski definition) is 2. The zero-order valence-corrected chi connectivity index (χ0v) is 17.6. The van der Waals surface area contributed by atoms with E-state index in [4.69, 9.17) is 9.47 Å². The van der Waals surface area contributed by atoms with Crippen LogP contribution >= 0.6 is 24.0 Å². The number of rotatable bonds is 8. The standard InChI is InChI=1S/C17H34N4O2.HI/c1-3-22-12-6-9-19-16(18-2)20-15-17(7-13-23-14-8-17)21-10-4-5-11-21;/h3-15H2,1-2H3,(H2,18,19,20);1H. The van der Waals surface area contributed by atoms with Crippen LogP contribution in [-0.4, -0.2) is 76.1 Å². The molecule has 2 N–H and O–H groups in total. The molecule has 2 aliphatic rings. The molecule has 24 heavy (non-hydrogen) atoms. The van der Waals surface area contributed by atoms with E-state index in [2.05, 4.69) is 20.5 Å². The van der Waals surface area contributed by atoms with E-state index in [-0.39, 0.29) is 29.5 Å². The maximum absolute atomic E-state index is 5.61. The Morgan fingerprint density at radius 3 is 2.54 bits per heavy atom. The van der Waals surface area contributed by atoms with E-state index in [1.54, 1.807) is 0 Å². The highest BCUT2D eigenvalue weighted by Crippen LogP contribution is 2.30. The molecule has 0 aliphatic carbocycles. The summed E-state index contributed by atoms with van der Waals surface area (Å²) in [6.45, 7) is 9.64. The van der Waals surface area contributed by atoms with Gasteiger partial charge in [-0.3, -0.25) is 9.89 Å². The largest absolute Gasteiger partial charge is 0.382 e. The molecule has 0 radical (unpaired) electrons. The van der Waals surface area contributed by atoms with E-state index in [1.165, 1.54) is 25.9 Å². The van der Waals surface area contributed by atoms with Crippen LogP contribution in [0.2, 0.25) is 0 Å². The fourth-order valence-corrected chi connectivity index (χ4v) is 3.54. The number of aliphatic imine (C=N–C) groups is 1. The summed E-state index contributed by atoms with van der Waals surface area (Å²) in [4.78, 5) is 7.02. The van der Waals surface area contributed by atoms with Gasteiger partial charge in [0.25, 0.3) is 0 Å². The van der Waals surface area contributed by atoms with Crippen molar-refractivity contribution in [1.82, 2.24) is 15.5 Å². The minimum absolute atomic E-state index is 0. The molecule has 2 saturated heterocycles. The molecule has 0 unspecified atom stereocenters. The highest BCUT2D eigenvalue weighted by atomic mass is 127. The van der Waals surface area contributed by atoms with Crippen LogP contribution in [0.1, 0.15) is 39.0 Å². The first-order chi connectivity index (χ1) is 11.3. The number of nitrogens with one attached hydrogen (secondary N) is 2. The van der Waals surface area contributed by atoms with E-state index in [0.717, 1.165) is 64.7 Å². The Hall–Kier alpha value is -0.120. The van der Waals surface area contributed by atoms with Gasteiger partial charge in [0, 0.05) is 52.1 Å². The summed E-state index contributed by atoms with van der Waals surface area (Å²) >= 11 is 0. The van der Waals surface area contributed by atoms with Crippen molar-refractivity contribution in [3.05, 3.63) is 0 Å². The minimum Gasteiger partial charge on any atom is -0.382 e. The summed E-state index contributed by atoms with van der Waals surface area (Å²) in [5.74, 6) is 0.895. The summed E-state index contributed by atoms with van der Waals surface area (Å²) in [6, 6.07) is 0. The molecule has 0 aromatic heterocycles. The highest BCUT2D eigenvalue weighted by molar-refractivity contribution is 14.0. The van der Waals surface area contributed by atoms with Gasteiger partial charge in [-0.05, 0) is 52.1 Å². The summed E-state index contributed by atoms with van der Waals surface area (Å²) in [6.07, 6.45) is 5.88. The maximum Gasteiger partial charge on any atom is 0.191 e. The molecule has 0 aromatic carbocycles. The second-order valence-corrected chi connectivity index (χ2v) is 6.43. The summed E-state index contributed by atoms with van der Waals surface area (Å²) in [7, 11) is 1.84. The maximum atomic E-state index is 5.61. The average molecular weight is 454 g/mol. The van der Waals surface area contributed by atoms with Crippen LogP contribution in [0.5, 0.6) is 0 Å². The Balaban J connectivity index is 0.00000288. The van der Waals surface area contributed by atoms with Gasteiger partial charge in [0.2, 0.25) is 0 Å². The third-order valence-electron chi connectivity index (χ3n) is 4.97. The first-order valence-corrected chi connectivity index (χ1v) is 9.16. The summed E-state index contributed by atoms with van der Waals surface area (Å²) in [5, 5.41) is 6.93. The van der Waals surface area contributed by atoms with Crippen LogP contribution in [0.4, 0.5) is 0 Å². The molecule has 2 heterocycles. The number of guanidine groups is 1. The van der Waals surface area contributed by atoms with Crippen molar-refractivity contribution < 1.29 is 9.47 Å². The molecule has 0 aromatic rings. The van der Waals surface area contributed by atoms with Gasteiger partial charge in [-0.15, -0.1) is 24.0 Å². The van der Waals surface area contributed by atoms with Crippen LogP contribution in [0.15, 0.2) is 4.99 Å². The first-order valence-electron chi connectivity index (χ1n) is 9.16. The van der Waals surface area contributed by atoms with Crippen LogP contribution in [-0.2, 0) is 9.47 Å². The third kappa shape index (κ3) is 6.65. The molecule has 0 atom stereocenters. The van der Waals surface area contributed by atoms with Crippen molar-refractivity contribution in [3.63, 3.8) is 0 Å². The molecule has 2 aliphatic heterocycles. The van der Waals surface area contributed by atoms with E-state index in [1.807, 2.05) is 14.0 Å². The fourth-order valence-electron chi connectivity index (χ4n) is 3.54. The molecule has 7 heteroatoms. The Morgan fingerprint density at radius 1 is 1.21 bits per heavy atom. The zero-order chi connectivity index (χ0) is 16.4. The van der Waals surface area contributed by atoms with Gasteiger partial charge in [-0.2, -0.15) is 0 Å². The van der Waals surface area contributed by atoms with Gasteiger partial charge in [-0.25, -0.2) is 0 Å². The SMILES string of the molecule is CCOCCCNC(=NC)NCC1(N2CCCC2)CCOCC1.I. The molecular formula is C17H35IN4O2. The smallest absolute Gasteiger partial charge is 0.191 e. The van der Waals surface area contributed by atoms with Crippen molar-refractivity contribution in [1.29, 1.82) is 0 Å². The lowest BCUT2D eigenvalue weighted by molar-refractivity contribution is -0.0164.